The minimum atomic E-state index is 0.374. The van der Waals surface area contributed by atoms with Gasteiger partial charge in [-0.05, 0) is 43.0 Å². The van der Waals surface area contributed by atoms with Crippen LogP contribution < -0.4 is 5.32 Å². The van der Waals surface area contributed by atoms with Crippen LogP contribution in [0.5, 0.6) is 5.75 Å². The van der Waals surface area contributed by atoms with Gasteiger partial charge in [-0.2, -0.15) is 0 Å². The fraction of sp³-hybridized carbons (Fsp3) is 0.294. The number of fused-ring (bicyclic) bond motifs is 1. The van der Waals surface area contributed by atoms with E-state index in [9.17, 15) is 5.11 Å². The van der Waals surface area contributed by atoms with Crippen molar-refractivity contribution in [1.82, 2.24) is 9.97 Å². The van der Waals surface area contributed by atoms with Crippen LogP contribution in [0.4, 0.5) is 5.82 Å². The maximum Gasteiger partial charge on any atom is 0.138 e. The average Bonchev–Trinajstić information content (AvgIpc) is 2.94. The quantitative estimate of drug-likeness (QED) is 0.758. The molecule has 114 valence electrons. The van der Waals surface area contributed by atoms with Gasteiger partial charge in [-0.1, -0.05) is 19.1 Å². The van der Waals surface area contributed by atoms with Crippen molar-refractivity contribution in [2.75, 3.05) is 5.32 Å². The number of nitrogens with zero attached hydrogens (tertiary/aromatic N) is 2. The summed E-state index contributed by atoms with van der Waals surface area (Å²) in [6.45, 7) is 6.65. The highest BCUT2D eigenvalue weighted by molar-refractivity contribution is 7.18. The third-order valence-electron chi connectivity index (χ3n) is 3.74. The molecule has 0 unspecified atom stereocenters. The number of aryl methyl sites for hydroxylation is 3. The number of anilines is 1. The monoisotopic (exact) mass is 313 g/mol. The number of phenols is 1. The maximum atomic E-state index is 9.85. The number of phenolic OH excluding ortho intramolecular Hbond substituents is 1. The molecule has 0 spiro atoms. The zero-order valence-corrected chi connectivity index (χ0v) is 13.8. The highest BCUT2D eigenvalue weighted by atomic mass is 32.1. The van der Waals surface area contributed by atoms with Crippen molar-refractivity contribution in [3.05, 3.63) is 46.1 Å². The van der Waals surface area contributed by atoms with Gasteiger partial charge in [0.15, 0.2) is 0 Å². The zero-order chi connectivity index (χ0) is 15.7. The van der Waals surface area contributed by atoms with Crippen molar-refractivity contribution in [1.29, 1.82) is 0 Å². The van der Waals surface area contributed by atoms with Crippen LogP contribution in [0, 0.1) is 13.8 Å². The largest absolute Gasteiger partial charge is 0.507 e. The van der Waals surface area contributed by atoms with Crippen LogP contribution in [-0.2, 0) is 13.0 Å². The molecule has 0 bridgehead atoms. The molecule has 5 heteroatoms. The Morgan fingerprint density at radius 3 is 2.55 bits per heavy atom. The van der Waals surface area contributed by atoms with Crippen LogP contribution in [0.3, 0.4) is 0 Å². The molecular formula is C17H19N3OS. The number of nitrogens with one attached hydrogen (secondary N) is 1. The molecule has 2 heterocycles. The topological polar surface area (TPSA) is 58.0 Å². The molecule has 1 aromatic carbocycles. The van der Waals surface area contributed by atoms with E-state index < -0.39 is 0 Å². The molecule has 0 amide bonds. The molecule has 2 aromatic heterocycles. The van der Waals surface area contributed by atoms with E-state index in [2.05, 4.69) is 28.3 Å². The lowest BCUT2D eigenvalue weighted by atomic mass is 10.1. The van der Waals surface area contributed by atoms with Crippen molar-refractivity contribution in [2.24, 2.45) is 0 Å². The predicted octanol–water partition coefficient (Wildman–Crippen LogP) is 4.19. The van der Waals surface area contributed by atoms with Gasteiger partial charge in [0.25, 0.3) is 0 Å². The van der Waals surface area contributed by atoms with E-state index in [1.165, 1.54) is 4.88 Å². The third-order valence-corrected chi connectivity index (χ3v) is 4.93. The third kappa shape index (κ3) is 2.76. The molecule has 0 saturated carbocycles. The van der Waals surface area contributed by atoms with Crippen LogP contribution in [0.25, 0.3) is 10.2 Å². The first-order valence-electron chi connectivity index (χ1n) is 7.35. The summed E-state index contributed by atoms with van der Waals surface area (Å²) in [5, 5.41) is 14.3. The Balaban J connectivity index is 1.86. The zero-order valence-electron chi connectivity index (χ0n) is 13.0. The number of hydrogen-bond donors (Lipinski definition) is 2. The number of aromatic hydroxyl groups is 1. The Morgan fingerprint density at radius 1 is 1.14 bits per heavy atom. The van der Waals surface area contributed by atoms with E-state index in [0.717, 1.165) is 39.1 Å². The van der Waals surface area contributed by atoms with E-state index in [-0.39, 0.29) is 0 Å². The molecule has 3 aromatic rings. The van der Waals surface area contributed by atoms with Gasteiger partial charge in [0, 0.05) is 11.4 Å². The number of benzene rings is 1. The molecule has 0 fully saturated rings. The van der Waals surface area contributed by atoms with Crippen molar-refractivity contribution in [2.45, 2.75) is 33.7 Å². The molecule has 4 nitrogen and oxygen atoms in total. The van der Waals surface area contributed by atoms with Crippen LogP contribution >= 0.6 is 11.3 Å². The number of thiophene rings is 1. The van der Waals surface area contributed by atoms with Gasteiger partial charge in [-0.25, -0.2) is 9.97 Å². The second-order valence-electron chi connectivity index (χ2n) is 5.44. The van der Waals surface area contributed by atoms with Gasteiger partial charge < -0.3 is 10.4 Å². The Hall–Kier alpha value is -2.14. The molecule has 2 N–H and O–H groups in total. The Morgan fingerprint density at radius 2 is 1.86 bits per heavy atom. The second-order valence-corrected chi connectivity index (χ2v) is 6.55. The lowest BCUT2D eigenvalue weighted by molar-refractivity contribution is 0.466. The molecular weight excluding hydrogens is 294 g/mol. The first-order valence-corrected chi connectivity index (χ1v) is 8.16. The lowest BCUT2D eigenvalue weighted by Crippen LogP contribution is -2.02. The van der Waals surface area contributed by atoms with E-state index in [0.29, 0.717) is 12.3 Å². The maximum absolute atomic E-state index is 9.85. The summed E-state index contributed by atoms with van der Waals surface area (Å²) in [5.41, 5.74) is 2.92. The number of rotatable bonds is 4. The highest BCUT2D eigenvalue weighted by Gasteiger charge is 2.09. The fourth-order valence-corrected chi connectivity index (χ4v) is 3.49. The first kappa shape index (κ1) is 14.8. The lowest BCUT2D eigenvalue weighted by Gasteiger charge is -2.10. The molecule has 0 aliphatic carbocycles. The molecule has 0 saturated heterocycles. The van der Waals surface area contributed by atoms with Crippen molar-refractivity contribution in [3.63, 3.8) is 0 Å². The Bertz CT molecular complexity index is 803. The van der Waals surface area contributed by atoms with Crippen molar-refractivity contribution in [3.8, 4) is 5.75 Å². The summed E-state index contributed by atoms with van der Waals surface area (Å²) < 4.78 is 0. The van der Waals surface area contributed by atoms with Crippen molar-refractivity contribution < 1.29 is 5.11 Å². The number of aromatic nitrogens is 2. The van der Waals surface area contributed by atoms with E-state index >= 15 is 0 Å². The van der Waals surface area contributed by atoms with Gasteiger partial charge in [0.2, 0.25) is 0 Å². The minimum Gasteiger partial charge on any atom is -0.507 e. The first-order chi connectivity index (χ1) is 10.6. The molecule has 0 radical (unpaired) electrons. The van der Waals surface area contributed by atoms with Gasteiger partial charge >= 0.3 is 0 Å². The summed E-state index contributed by atoms with van der Waals surface area (Å²) in [6, 6.07) is 6.16. The molecule has 3 rings (SSSR count). The summed E-state index contributed by atoms with van der Waals surface area (Å²) in [6.07, 6.45) is 2.62. The van der Waals surface area contributed by atoms with Gasteiger partial charge in [-0.15, -0.1) is 11.3 Å². The van der Waals surface area contributed by atoms with E-state index in [1.807, 2.05) is 26.0 Å². The smallest absolute Gasteiger partial charge is 0.138 e. The predicted molar refractivity (Wildman–Crippen MR) is 91.7 cm³/mol. The van der Waals surface area contributed by atoms with Crippen LogP contribution in [0.1, 0.15) is 28.5 Å². The van der Waals surface area contributed by atoms with E-state index in [1.54, 1.807) is 17.7 Å². The highest BCUT2D eigenvalue weighted by Crippen LogP contribution is 2.29. The Kier molecular flexibility index (Phi) is 3.98. The normalized spacial score (nSPS) is 11.0. The summed E-state index contributed by atoms with van der Waals surface area (Å²) >= 11 is 1.72. The van der Waals surface area contributed by atoms with Gasteiger partial charge in [0.1, 0.15) is 22.7 Å². The van der Waals surface area contributed by atoms with Crippen molar-refractivity contribution >= 4 is 27.4 Å². The summed E-state index contributed by atoms with van der Waals surface area (Å²) in [7, 11) is 0. The van der Waals surface area contributed by atoms with Crippen LogP contribution in [0.15, 0.2) is 24.5 Å². The van der Waals surface area contributed by atoms with Crippen LogP contribution in [-0.4, -0.2) is 15.1 Å². The fourth-order valence-electron chi connectivity index (χ4n) is 2.55. The van der Waals surface area contributed by atoms with Crippen LogP contribution in [0.2, 0.25) is 0 Å². The minimum absolute atomic E-state index is 0.374. The molecule has 0 aliphatic rings. The van der Waals surface area contributed by atoms with E-state index in [4.69, 9.17) is 0 Å². The van der Waals surface area contributed by atoms with Gasteiger partial charge in [-0.3, -0.25) is 0 Å². The summed E-state index contributed by atoms with van der Waals surface area (Å²) in [5.74, 6) is 1.24. The molecule has 0 atom stereocenters. The standard InChI is InChI=1S/C17H19N3OS/c1-4-13-7-14-16(19-9-20-17(14)22-13)18-8-12-5-10(2)15(21)11(3)6-12/h5-7,9,21H,4,8H2,1-3H3,(H,18,19,20). The second kappa shape index (κ2) is 5.93. The summed E-state index contributed by atoms with van der Waals surface area (Å²) in [4.78, 5) is 11.0. The molecule has 0 aliphatic heterocycles. The number of hydrogen-bond acceptors (Lipinski definition) is 5. The SMILES string of the molecule is CCc1cc2c(NCc3cc(C)c(O)c(C)c3)ncnc2s1. The Labute approximate surface area is 133 Å². The average molecular weight is 313 g/mol. The van der Waals surface area contributed by atoms with Gasteiger partial charge in [0.05, 0.1) is 5.39 Å². The molecule has 22 heavy (non-hydrogen) atoms.